The fourth-order valence-electron chi connectivity index (χ4n) is 3.61. The highest BCUT2D eigenvalue weighted by Gasteiger charge is 2.56. The molecule has 0 radical (unpaired) electrons. The van der Waals surface area contributed by atoms with Crippen molar-refractivity contribution in [2.24, 2.45) is 5.41 Å². The monoisotopic (exact) mass is 432 g/mol. The zero-order valence-corrected chi connectivity index (χ0v) is 17.4. The number of nitrogens with zero attached hydrogens (tertiary/aromatic N) is 2. The van der Waals surface area contributed by atoms with E-state index in [0.29, 0.717) is 0 Å². The number of carbonyl (C=O) groups is 1. The number of ether oxygens (including phenoxy) is 4. The molecule has 0 bridgehead atoms. The van der Waals surface area contributed by atoms with E-state index in [4.69, 9.17) is 30.5 Å². The number of hydrogen-bond acceptors (Lipinski definition) is 8. The third-order valence-corrected chi connectivity index (χ3v) is 5.08. The van der Waals surface area contributed by atoms with Crippen molar-refractivity contribution in [1.82, 2.24) is 9.13 Å². The van der Waals surface area contributed by atoms with Crippen molar-refractivity contribution in [2.45, 2.75) is 64.6 Å². The molecule has 1 N–H and O–H groups in total. The van der Waals surface area contributed by atoms with Gasteiger partial charge in [-0.25, -0.2) is 4.79 Å². The fraction of sp³-hybridized carbons (Fsp3) is 0.722. The molecule has 29 heavy (non-hydrogen) atoms. The van der Waals surface area contributed by atoms with Crippen LogP contribution in [0.5, 0.6) is 0 Å². The van der Waals surface area contributed by atoms with Crippen LogP contribution in [-0.4, -0.2) is 57.0 Å². The van der Waals surface area contributed by atoms with Crippen LogP contribution in [0.15, 0.2) is 21.9 Å². The van der Waals surface area contributed by atoms with Crippen LogP contribution >= 0.6 is 11.6 Å². The van der Waals surface area contributed by atoms with Gasteiger partial charge in [-0.3, -0.25) is 18.7 Å². The van der Waals surface area contributed by atoms with E-state index < -0.39 is 53.0 Å². The Morgan fingerprint density at radius 1 is 1.31 bits per heavy atom. The van der Waals surface area contributed by atoms with Crippen LogP contribution in [0.2, 0.25) is 0 Å². The standard InChI is InChI=1S/C18H25ClN2O8/c1-17(2,15(24)26-9-19)8-21-11(23)5-6-20(16(21)25)14-13-12(10(7-22)27-14)28-18(3,4)29-13/h5-6,10,12-14,22H,7-9H2,1-4H3/t10-,12-,13-,14-/m1/s1. The Morgan fingerprint density at radius 2 is 1.97 bits per heavy atom. The van der Waals surface area contributed by atoms with Gasteiger partial charge in [-0.15, -0.1) is 0 Å². The molecule has 1 aromatic heterocycles. The van der Waals surface area contributed by atoms with Crippen LogP contribution < -0.4 is 11.2 Å². The van der Waals surface area contributed by atoms with E-state index in [9.17, 15) is 19.5 Å². The molecule has 11 heteroatoms. The SMILES string of the molecule is CC1(C)O[C@@H]2[C@H](O1)[C@@H](CO)O[C@H]2n1ccc(=O)n(CC(C)(C)C(=O)OCCl)c1=O. The maximum absolute atomic E-state index is 13.1. The summed E-state index contributed by atoms with van der Waals surface area (Å²) in [6, 6.07) is 0.876. The Bertz CT molecular complexity index is 893. The van der Waals surface area contributed by atoms with Gasteiger partial charge in [0.05, 0.1) is 12.0 Å². The van der Waals surface area contributed by atoms with Crippen molar-refractivity contribution < 1.29 is 28.8 Å². The Hall–Kier alpha value is -1.72. The van der Waals surface area contributed by atoms with E-state index >= 15 is 0 Å². The average Bonchev–Trinajstić information content (AvgIpc) is 3.12. The van der Waals surface area contributed by atoms with Crippen molar-refractivity contribution >= 4 is 17.6 Å². The van der Waals surface area contributed by atoms with E-state index in [1.165, 1.54) is 16.8 Å². The quantitative estimate of drug-likeness (QED) is 0.499. The van der Waals surface area contributed by atoms with Gasteiger partial charge < -0.3 is 24.1 Å². The highest BCUT2D eigenvalue weighted by atomic mass is 35.5. The second kappa shape index (κ2) is 7.84. The molecule has 3 heterocycles. The van der Waals surface area contributed by atoms with Crippen LogP contribution in [0.25, 0.3) is 0 Å². The van der Waals surface area contributed by atoms with Gasteiger partial charge in [-0.1, -0.05) is 11.6 Å². The molecule has 162 valence electrons. The van der Waals surface area contributed by atoms with Gasteiger partial charge >= 0.3 is 11.7 Å². The molecular weight excluding hydrogens is 408 g/mol. The third-order valence-electron chi connectivity index (χ3n) is 4.97. The molecule has 0 aliphatic carbocycles. The number of aliphatic hydroxyl groups is 1. The van der Waals surface area contributed by atoms with E-state index in [1.54, 1.807) is 27.7 Å². The van der Waals surface area contributed by atoms with Gasteiger partial charge in [-0.2, -0.15) is 0 Å². The van der Waals surface area contributed by atoms with Crippen molar-refractivity contribution in [3.63, 3.8) is 0 Å². The molecule has 2 aliphatic heterocycles. The van der Waals surface area contributed by atoms with Crippen LogP contribution in [0.3, 0.4) is 0 Å². The number of halogens is 1. The summed E-state index contributed by atoms with van der Waals surface area (Å²) in [6.07, 6.45) is -1.51. The number of carbonyl (C=O) groups excluding carboxylic acids is 1. The number of hydrogen-bond donors (Lipinski definition) is 1. The summed E-state index contributed by atoms with van der Waals surface area (Å²) in [7, 11) is 0. The third kappa shape index (κ3) is 4.13. The molecule has 0 aromatic carbocycles. The predicted molar refractivity (Wildman–Crippen MR) is 100 cm³/mol. The van der Waals surface area contributed by atoms with Gasteiger partial charge in [0, 0.05) is 18.8 Å². The number of esters is 1. The van der Waals surface area contributed by atoms with Crippen LogP contribution in [0, 0.1) is 5.41 Å². The second-order valence-electron chi connectivity index (χ2n) is 8.17. The van der Waals surface area contributed by atoms with Gasteiger partial charge in [-0.05, 0) is 27.7 Å². The molecule has 2 saturated heterocycles. The Balaban J connectivity index is 1.96. The van der Waals surface area contributed by atoms with Crippen molar-refractivity contribution in [3.8, 4) is 0 Å². The summed E-state index contributed by atoms with van der Waals surface area (Å²) < 4.78 is 24.4. The minimum absolute atomic E-state index is 0.214. The van der Waals surface area contributed by atoms with Crippen LogP contribution in [0.1, 0.15) is 33.9 Å². The van der Waals surface area contributed by atoms with Crippen molar-refractivity contribution in [2.75, 3.05) is 12.7 Å². The lowest BCUT2D eigenvalue weighted by molar-refractivity contribution is -0.200. The molecule has 4 atom stereocenters. The largest absolute Gasteiger partial charge is 0.449 e. The number of rotatable bonds is 6. The maximum Gasteiger partial charge on any atom is 0.333 e. The summed E-state index contributed by atoms with van der Waals surface area (Å²) in [6.45, 7) is 6.02. The lowest BCUT2D eigenvalue weighted by Crippen LogP contribution is -2.46. The lowest BCUT2D eigenvalue weighted by atomic mass is 9.93. The van der Waals surface area contributed by atoms with E-state index in [1.807, 2.05) is 0 Å². The summed E-state index contributed by atoms with van der Waals surface area (Å²) in [4.78, 5) is 37.6. The first-order valence-corrected chi connectivity index (χ1v) is 9.71. The second-order valence-corrected chi connectivity index (χ2v) is 8.39. The van der Waals surface area contributed by atoms with E-state index in [0.717, 1.165) is 4.57 Å². The zero-order valence-electron chi connectivity index (χ0n) is 16.7. The number of fused-ring (bicyclic) bond motifs is 1. The van der Waals surface area contributed by atoms with E-state index in [-0.39, 0.29) is 19.2 Å². The molecule has 3 rings (SSSR count). The first-order valence-electron chi connectivity index (χ1n) is 9.18. The Labute approximate surface area is 171 Å². The Kier molecular flexibility index (Phi) is 5.94. The molecule has 1 aromatic rings. The molecule has 2 aliphatic rings. The van der Waals surface area contributed by atoms with Crippen LogP contribution in [-0.2, 0) is 30.3 Å². The molecule has 0 unspecified atom stereocenters. The van der Waals surface area contributed by atoms with Crippen LogP contribution in [0.4, 0.5) is 0 Å². The molecular formula is C18H25ClN2O8. The lowest BCUT2D eigenvalue weighted by Gasteiger charge is -2.26. The smallest absolute Gasteiger partial charge is 0.333 e. The topological polar surface area (TPSA) is 118 Å². The summed E-state index contributed by atoms with van der Waals surface area (Å²) >= 11 is 5.44. The summed E-state index contributed by atoms with van der Waals surface area (Å²) in [5.74, 6) is -1.54. The number of aromatic nitrogens is 2. The van der Waals surface area contributed by atoms with Gasteiger partial charge in [0.2, 0.25) is 0 Å². The average molecular weight is 433 g/mol. The minimum atomic E-state index is -1.17. The molecule has 2 fully saturated rings. The van der Waals surface area contributed by atoms with Gasteiger partial charge in [0.15, 0.2) is 18.1 Å². The van der Waals surface area contributed by atoms with E-state index in [2.05, 4.69) is 0 Å². The highest BCUT2D eigenvalue weighted by molar-refractivity contribution is 6.17. The predicted octanol–water partition coefficient (Wildman–Crippen LogP) is 0.185. The first-order chi connectivity index (χ1) is 13.5. The minimum Gasteiger partial charge on any atom is -0.449 e. The van der Waals surface area contributed by atoms with Gasteiger partial charge in [0.25, 0.3) is 5.56 Å². The normalized spacial score (nSPS) is 28.3. The molecule has 0 amide bonds. The zero-order chi connectivity index (χ0) is 21.6. The number of aliphatic hydroxyl groups excluding tert-OH is 1. The van der Waals surface area contributed by atoms with Crippen molar-refractivity contribution in [1.29, 1.82) is 0 Å². The molecule has 0 spiro atoms. The van der Waals surface area contributed by atoms with Crippen molar-refractivity contribution in [3.05, 3.63) is 33.1 Å². The summed E-state index contributed by atoms with van der Waals surface area (Å²) in [5.41, 5.74) is -2.42. The van der Waals surface area contributed by atoms with Gasteiger partial charge in [0.1, 0.15) is 18.3 Å². The maximum atomic E-state index is 13.1. The molecule has 0 saturated carbocycles. The highest BCUT2D eigenvalue weighted by Crippen LogP contribution is 2.42. The number of alkyl halides is 1. The summed E-state index contributed by atoms with van der Waals surface area (Å²) in [5, 5.41) is 9.62. The fourth-order valence-corrected chi connectivity index (χ4v) is 3.70. The Morgan fingerprint density at radius 3 is 2.59 bits per heavy atom. The molecule has 10 nitrogen and oxygen atoms in total. The first kappa shape index (κ1) is 22.0.